The summed E-state index contributed by atoms with van der Waals surface area (Å²) in [6.07, 6.45) is 1.90. The van der Waals surface area contributed by atoms with E-state index >= 15 is 0 Å². The first-order valence-corrected chi connectivity index (χ1v) is 11.7. The van der Waals surface area contributed by atoms with E-state index in [1.807, 2.05) is 78.9 Å². The van der Waals surface area contributed by atoms with Crippen molar-refractivity contribution < 1.29 is 14.3 Å². The van der Waals surface area contributed by atoms with Crippen LogP contribution in [-0.2, 0) is 22.6 Å². The molecule has 1 aliphatic rings. The minimum atomic E-state index is -0.356. The van der Waals surface area contributed by atoms with Crippen molar-refractivity contribution in [2.75, 3.05) is 0 Å². The normalized spacial score (nSPS) is 14.6. The number of benzene rings is 3. The predicted octanol–water partition coefficient (Wildman–Crippen LogP) is 5.39. The summed E-state index contributed by atoms with van der Waals surface area (Å²) >= 11 is 12.6. The van der Waals surface area contributed by atoms with Crippen molar-refractivity contribution in [1.29, 1.82) is 0 Å². The average Bonchev–Trinajstić information content (AvgIpc) is 3.07. The van der Waals surface area contributed by atoms with Crippen LogP contribution in [0.1, 0.15) is 16.7 Å². The summed E-state index contributed by atoms with van der Waals surface area (Å²) in [5, 5.41) is 1.78. The maximum atomic E-state index is 12.8. The number of halogens is 1. The summed E-state index contributed by atoms with van der Waals surface area (Å²) in [7, 11) is 0. The number of rotatable bonds is 7. The van der Waals surface area contributed by atoms with Crippen LogP contribution in [-0.4, -0.2) is 21.1 Å². The van der Waals surface area contributed by atoms with Gasteiger partial charge in [-0.05, 0) is 47.6 Å². The van der Waals surface area contributed by atoms with E-state index in [4.69, 9.17) is 28.6 Å². The van der Waals surface area contributed by atoms with Gasteiger partial charge in [-0.15, -0.1) is 0 Å². The second-order valence-corrected chi connectivity index (χ2v) is 9.25. The van der Waals surface area contributed by atoms with Crippen molar-refractivity contribution in [1.82, 2.24) is 10.4 Å². The molecule has 5 nitrogen and oxygen atoms in total. The molecule has 4 rings (SSSR count). The molecule has 1 aliphatic heterocycles. The molecular formula is C25H19ClN2O3S2. The Hall–Kier alpha value is -3.13. The van der Waals surface area contributed by atoms with Gasteiger partial charge in [-0.1, -0.05) is 84.0 Å². The third-order valence-electron chi connectivity index (χ3n) is 4.77. The van der Waals surface area contributed by atoms with Gasteiger partial charge in [0, 0.05) is 10.6 Å². The Morgan fingerprint density at radius 3 is 2.45 bits per heavy atom. The fraction of sp³-hybridized carbons (Fsp3) is 0.0800. The molecular weight excluding hydrogens is 476 g/mol. The van der Waals surface area contributed by atoms with E-state index in [0.29, 0.717) is 22.3 Å². The van der Waals surface area contributed by atoms with E-state index in [1.165, 1.54) is 0 Å². The van der Waals surface area contributed by atoms with E-state index < -0.39 is 0 Å². The van der Waals surface area contributed by atoms with E-state index in [-0.39, 0.29) is 22.6 Å². The smallest absolute Gasteiger partial charge is 0.285 e. The van der Waals surface area contributed by atoms with Crippen LogP contribution in [0.15, 0.2) is 83.8 Å². The molecule has 1 heterocycles. The predicted molar refractivity (Wildman–Crippen MR) is 136 cm³/mol. The second-order valence-electron chi connectivity index (χ2n) is 7.16. The molecule has 0 unspecified atom stereocenters. The van der Waals surface area contributed by atoms with E-state index in [9.17, 15) is 9.59 Å². The zero-order valence-corrected chi connectivity index (χ0v) is 19.8. The van der Waals surface area contributed by atoms with Gasteiger partial charge in [0.15, 0.2) is 4.32 Å². The fourth-order valence-corrected chi connectivity index (χ4v) is 4.47. The van der Waals surface area contributed by atoms with Gasteiger partial charge >= 0.3 is 0 Å². The number of thioether (sulfide) groups is 1. The molecule has 0 spiro atoms. The fourth-order valence-electron chi connectivity index (χ4n) is 3.10. The van der Waals surface area contributed by atoms with Crippen LogP contribution in [0, 0.1) is 0 Å². The number of ether oxygens (including phenoxy) is 1. The lowest BCUT2D eigenvalue weighted by molar-refractivity contribution is -0.132. The topological polar surface area (TPSA) is 58.6 Å². The lowest BCUT2D eigenvalue weighted by Crippen LogP contribution is -2.45. The molecule has 3 aromatic carbocycles. The van der Waals surface area contributed by atoms with Crippen molar-refractivity contribution in [2.24, 2.45) is 0 Å². The largest absolute Gasteiger partial charge is 0.489 e. The van der Waals surface area contributed by atoms with Crippen molar-refractivity contribution >= 4 is 57.8 Å². The van der Waals surface area contributed by atoms with Gasteiger partial charge in [-0.25, -0.2) is 0 Å². The van der Waals surface area contributed by atoms with Crippen LogP contribution in [0.2, 0.25) is 5.02 Å². The Morgan fingerprint density at radius 2 is 1.73 bits per heavy atom. The number of nitrogens with zero attached hydrogens (tertiary/aromatic N) is 1. The second kappa shape index (κ2) is 10.7. The van der Waals surface area contributed by atoms with E-state index in [2.05, 4.69) is 5.43 Å². The van der Waals surface area contributed by atoms with Gasteiger partial charge in [-0.3, -0.25) is 15.0 Å². The van der Waals surface area contributed by atoms with Crippen molar-refractivity contribution in [3.05, 3.63) is 105 Å². The molecule has 0 atom stereocenters. The highest BCUT2D eigenvalue weighted by Gasteiger charge is 2.33. The quantitative estimate of drug-likeness (QED) is 0.352. The van der Waals surface area contributed by atoms with E-state index in [1.54, 1.807) is 6.08 Å². The molecule has 8 heteroatoms. The van der Waals surface area contributed by atoms with Gasteiger partial charge in [0.1, 0.15) is 12.4 Å². The van der Waals surface area contributed by atoms with Crippen molar-refractivity contribution in [3.8, 4) is 5.75 Å². The Morgan fingerprint density at radius 1 is 1.03 bits per heavy atom. The highest BCUT2D eigenvalue weighted by atomic mass is 35.5. The third kappa shape index (κ3) is 6.01. The standard InChI is InChI=1S/C25H19ClN2O3S2/c26-21-9-5-4-8-19(21)16-31-20-12-10-18(11-13-20)14-22-24(30)28(25(32)33-22)27-23(29)15-17-6-2-1-3-7-17/h1-14H,15-16H2,(H,27,29)/b22-14-. The first kappa shape index (κ1) is 23.0. The van der Waals surface area contributed by atoms with Gasteiger partial charge in [0.25, 0.3) is 5.91 Å². The molecule has 1 saturated heterocycles. The van der Waals surface area contributed by atoms with Crippen LogP contribution in [0.4, 0.5) is 0 Å². The Bertz CT molecular complexity index is 1210. The lowest BCUT2D eigenvalue weighted by Gasteiger charge is -2.15. The minimum absolute atomic E-state index is 0.159. The highest BCUT2D eigenvalue weighted by molar-refractivity contribution is 8.26. The summed E-state index contributed by atoms with van der Waals surface area (Å²) in [6.45, 7) is 0.361. The molecule has 33 heavy (non-hydrogen) atoms. The number of carbonyl (C=O) groups excluding carboxylic acids is 2. The SMILES string of the molecule is O=C(Cc1ccccc1)NN1C(=O)/C(=C/c2ccc(OCc3ccccc3Cl)cc2)SC1=S. The summed E-state index contributed by atoms with van der Waals surface area (Å²) in [5.41, 5.74) is 5.17. The number of hydrogen-bond acceptors (Lipinski definition) is 5. The van der Waals surface area contributed by atoms with Gasteiger partial charge in [0.2, 0.25) is 5.91 Å². The highest BCUT2D eigenvalue weighted by Crippen LogP contribution is 2.31. The zero-order valence-electron chi connectivity index (χ0n) is 17.4. The van der Waals surface area contributed by atoms with Gasteiger partial charge in [-0.2, -0.15) is 5.01 Å². The van der Waals surface area contributed by atoms with Crippen LogP contribution < -0.4 is 10.2 Å². The summed E-state index contributed by atoms with van der Waals surface area (Å²) in [4.78, 5) is 25.5. The molecule has 2 amide bonds. The Labute approximate surface area is 206 Å². The lowest BCUT2D eigenvalue weighted by atomic mass is 10.1. The summed E-state index contributed by atoms with van der Waals surface area (Å²) < 4.78 is 6.08. The van der Waals surface area contributed by atoms with Crippen LogP contribution >= 0.6 is 35.6 Å². The first-order chi connectivity index (χ1) is 16.0. The first-order valence-electron chi connectivity index (χ1n) is 10.1. The molecule has 166 valence electrons. The number of hydrogen-bond donors (Lipinski definition) is 1. The summed E-state index contributed by atoms with van der Waals surface area (Å²) in [6, 6.07) is 24.2. The Kier molecular flexibility index (Phi) is 7.44. The van der Waals surface area contributed by atoms with Crippen LogP contribution in [0.5, 0.6) is 5.75 Å². The molecule has 0 bridgehead atoms. The molecule has 0 aliphatic carbocycles. The zero-order chi connectivity index (χ0) is 23.2. The minimum Gasteiger partial charge on any atom is -0.489 e. The number of hydrazine groups is 1. The molecule has 1 N–H and O–H groups in total. The van der Waals surface area contributed by atoms with Gasteiger partial charge in [0.05, 0.1) is 11.3 Å². The number of carbonyl (C=O) groups is 2. The van der Waals surface area contributed by atoms with Crippen LogP contribution in [0.3, 0.4) is 0 Å². The maximum absolute atomic E-state index is 12.8. The molecule has 1 fully saturated rings. The molecule has 0 aromatic heterocycles. The molecule has 0 saturated carbocycles. The number of amides is 2. The van der Waals surface area contributed by atoms with Gasteiger partial charge < -0.3 is 4.74 Å². The average molecular weight is 495 g/mol. The van der Waals surface area contributed by atoms with Crippen molar-refractivity contribution in [2.45, 2.75) is 13.0 Å². The number of thiocarbonyl (C=S) groups is 1. The molecule has 3 aromatic rings. The van der Waals surface area contributed by atoms with Crippen LogP contribution in [0.25, 0.3) is 6.08 Å². The number of nitrogens with one attached hydrogen (secondary N) is 1. The summed E-state index contributed by atoms with van der Waals surface area (Å²) in [5.74, 6) is 0.0250. The Balaban J connectivity index is 1.36. The maximum Gasteiger partial charge on any atom is 0.285 e. The van der Waals surface area contributed by atoms with E-state index in [0.717, 1.165) is 33.5 Å². The monoisotopic (exact) mass is 494 g/mol. The third-order valence-corrected chi connectivity index (χ3v) is 6.44. The molecule has 0 radical (unpaired) electrons. The van der Waals surface area contributed by atoms with Crippen molar-refractivity contribution in [3.63, 3.8) is 0 Å².